The largest absolute Gasteiger partial charge is 0.370 e. The molecule has 1 aromatic carbocycles. The first-order chi connectivity index (χ1) is 9.22. The van der Waals surface area contributed by atoms with Gasteiger partial charge in [0.25, 0.3) is 0 Å². The molecule has 1 aliphatic carbocycles. The lowest BCUT2D eigenvalue weighted by Crippen LogP contribution is -2.59. The monoisotopic (exact) mass is 258 g/mol. The zero-order valence-electron chi connectivity index (χ0n) is 12.3. The summed E-state index contributed by atoms with van der Waals surface area (Å²) in [4.78, 5) is 2.53. The highest BCUT2D eigenvalue weighted by Gasteiger charge is 2.47. The van der Waals surface area contributed by atoms with Gasteiger partial charge in [0, 0.05) is 30.2 Å². The van der Waals surface area contributed by atoms with Gasteiger partial charge in [0.1, 0.15) is 0 Å². The lowest BCUT2D eigenvalue weighted by atomic mass is 9.63. The van der Waals surface area contributed by atoms with Gasteiger partial charge in [-0.1, -0.05) is 25.5 Å². The fraction of sp³-hybridized carbons (Fsp3) is 0.647. The van der Waals surface area contributed by atoms with Crippen molar-refractivity contribution in [3.8, 4) is 0 Å². The van der Waals surface area contributed by atoms with Crippen molar-refractivity contribution in [1.82, 2.24) is 5.32 Å². The number of hydrogen-bond acceptors (Lipinski definition) is 2. The van der Waals surface area contributed by atoms with Crippen LogP contribution in [0.25, 0.3) is 0 Å². The van der Waals surface area contributed by atoms with Crippen LogP contribution in [0.3, 0.4) is 0 Å². The maximum atomic E-state index is 3.54. The zero-order valence-corrected chi connectivity index (χ0v) is 12.3. The molecule has 1 saturated carbocycles. The molecule has 1 saturated heterocycles. The molecule has 1 aliphatic heterocycles. The third kappa shape index (κ3) is 2.51. The third-order valence-corrected chi connectivity index (χ3v) is 4.93. The van der Waals surface area contributed by atoms with Crippen LogP contribution in [-0.2, 0) is 0 Å². The van der Waals surface area contributed by atoms with E-state index in [9.17, 15) is 0 Å². The Morgan fingerprint density at radius 1 is 1.21 bits per heavy atom. The predicted octanol–water partition coefficient (Wildman–Crippen LogP) is 3.74. The molecule has 0 aromatic heterocycles. The van der Waals surface area contributed by atoms with Crippen LogP contribution in [0.4, 0.5) is 5.69 Å². The van der Waals surface area contributed by atoms with Crippen molar-refractivity contribution in [2.45, 2.75) is 45.6 Å². The number of hydrogen-bond donors (Lipinski definition) is 1. The number of rotatable bonds is 5. The summed E-state index contributed by atoms with van der Waals surface area (Å²) in [5.74, 6) is 0. The second-order valence-electron chi connectivity index (χ2n) is 6.48. The van der Waals surface area contributed by atoms with E-state index in [4.69, 9.17) is 0 Å². The van der Waals surface area contributed by atoms with E-state index in [0.29, 0.717) is 11.5 Å². The van der Waals surface area contributed by atoms with Crippen molar-refractivity contribution in [3.63, 3.8) is 0 Å². The van der Waals surface area contributed by atoms with Crippen LogP contribution < -0.4 is 10.2 Å². The molecule has 1 unspecified atom stereocenters. The van der Waals surface area contributed by atoms with Gasteiger partial charge in [-0.2, -0.15) is 0 Å². The van der Waals surface area contributed by atoms with E-state index < -0.39 is 0 Å². The van der Waals surface area contributed by atoms with Gasteiger partial charge in [0.05, 0.1) is 0 Å². The second-order valence-corrected chi connectivity index (χ2v) is 6.48. The van der Waals surface area contributed by atoms with Gasteiger partial charge < -0.3 is 10.2 Å². The maximum Gasteiger partial charge on any atom is 0.0366 e. The summed E-state index contributed by atoms with van der Waals surface area (Å²) < 4.78 is 0. The molecule has 3 rings (SSSR count). The normalized spacial score (nSPS) is 21.9. The summed E-state index contributed by atoms with van der Waals surface area (Å²) in [5, 5.41) is 3.54. The van der Waals surface area contributed by atoms with E-state index in [-0.39, 0.29) is 0 Å². The van der Waals surface area contributed by atoms with E-state index in [1.165, 1.54) is 50.0 Å². The van der Waals surface area contributed by atoms with Gasteiger partial charge in [0.15, 0.2) is 0 Å². The summed E-state index contributed by atoms with van der Waals surface area (Å²) in [6.45, 7) is 8.13. The molecule has 1 spiro atoms. The molecule has 0 bridgehead atoms. The smallest absolute Gasteiger partial charge is 0.0366 e. The fourth-order valence-electron chi connectivity index (χ4n) is 3.39. The minimum absolute atomic E-state index is 0.461. The molecule has 1 aromatic rings. The molecule has 1 heterocycles. The van der Waals surface area contributed by atoms with Gasteiger partial charge >= 0.3 is 0 Å². The van der Waals surface area contributed by atoms with Crippen LogP contribution in [0, 0.1) is 5.41 Å². The molecule has 2 fully saturated rings. The number of nitrogens with zero attached hydrogens (tertiary/aromatic N) is 1. The summed E-state index contributed by atoms with van der Waals surface area (Å²) in [5.41, 5.74) is 3.52. The van der Waals surface area contributed by atoms with E-state index in [0.717, 1.165) is 6.54 Å². The van der Waals surface area contributed by atoms with Crippen LogP contribution >= 0.6 is 0 Å². The highest BCUT2D eigenvalue weighted by Crippen LogP contribution is 2.49. The topological polar surface area (TPSA) is 15.3 Å². The zero-order chi connectivity index (χ0) is 13.3. The first-order valence-electron chi connectivity index (χ1n) is 7.81. The number of anilines is 1. The average Bonchev–Trinajstić information content (AvgIpc) is 2.33. The van der Waals surface area contributed by atoms with Crippen LogP contribution in [0.5, 0.6) is 0 Å². The third-order valence-electron chi connectivity index (χ3n) is 4.93. The number of nitrogens with one attached hydrogen (secondary N) is 1. The van der Waals surface area contributed by atoms with E-state index in [2.05, 4.69) is 48.3 Å². The van der Waals surface area contributed by atoms with Crippen LogP contribution in [-0.4, -0.2) is 19.6 Å². The second kappa shape index (κ2) is 5.16. The van der Waals surface area contributed by atoms with Crippen molar-refractivity contribution in [1.29, 1.82) is 0 Å². The number of benzene rings is 1. The van der Waals surface area contributed by atoms with Crippen LogP contribution in [0.1, 0.15) is 51.1 Å². The minimum atomic E-state index is 0.461. The maximum absolute atomic E-state index is 3.54. The Hall–Kier alpha value is -1.02. The first kappa shape index (κ1) is 13.0. The Morgan fingerprint density at radius 2 is 1.89 bits per heavy atom. The first-order valence-corrected chi connectivity index (χ1v) is 7.81. The van der Waals surface area contributed by atoms with Gasteiger partial charge in [0.2, 0.25) is 0 Å². The van der Waals surface area contributed by atoms with Gasteiger partial charge in [-0.3, -0.25) is 0 Å². The molecule has 19 heavy (non-hydrogen) atoms. The molecule has 1 N–H and O–H groups in total. The Balaban J connectivity index is 1.57. The quantitative estimate of drug-likeness (QED) is 0.865. The summed E-state index contributed by atoms with van der Waals surface area (Å²) in [7, 11) is 0. The lowest BCUT2D eigenvalue weighted by molar-refractivity contribution is 0.0904. The van der Waals surface area contributed by atoms with Gasteiger partial charge in [-0.05, 0) is 50.4 Å². The standard InChI is InChI=1S/C17H26N2/c1-3-11-18-14(2)15-5-7-16(8-6-15)19-12-17(13-19)9-4-10-17/h5-8,14,18H,3-4,9-13H2,1-2H3. The molecular formula is C17H26N2. The van der Waals surface area contributed by atoms with Crippen molar-refractivity contribution < 1.29 is 0 Å². The molecule has 104 valence electrons. The summed E-state index contributed by atoms with van der Waals surface area (Å²) >= 11 is 0. The molecule has 0 radical (unpaired) electrons. The van der Waals surface area contributed by atoms with E-state index in [1.807, 2.05) is 0 Å². The molecule has 2 heteroatoms. The molecule has 0 amide bonds. The van der Waals surface area contributed by atoms with Crippen LogP contribution in [0.15, 0.2) is 24.3 Å². The summed E-state index contributed by atoms with van der Waals surface area (Å²) in [6.07, 6.45) is 5.56. The van der Waals surface area contributed by atoms with Crippen molar-refractivity contribution in [2.24, 2.45) is 5.41 Å². The van der Waals surface area contributed by atoms with Crippen LogP contribution in [0.2, 0.25) is 0 Å². The Labute approximate surface area is 117 Å². The van der Waals surface area contributed by atoms with Crippen molar-refractivity contribution in [3.05, 3.63) is 29.8 Å². The molecule has 1 atom stereocenters. The van der Waals surface area contributed by atoms with Crippen molar-refractivity contribution in [2.75, 3.05) is 24.5 Å². The Kier molecular flexibility index (Phi) is 3.53. The predicted molar refractivity (Wildman–Crippen MR) is 81.6 cm³/mol. The summed E-state index contributed by atoms with van der Waals surface area (Å²) in [6, 6.07) is 9.63. The van der Waals surface area contributed by atoms with Crippen molar-refractivity contribution >= 4 is 5.69 Å². The SMILES string of the molecule is CCCNC(C)c1ccc(N2CC3(CCC3)C2)cc1. The molecular weight excluding hydrogens is 232 g/mol. The average molecular weight is 258 g/mol. The highest BCUT2D eigenvalue weighted by atomic mass is 15.2. The molecule has 2 nitrogen and oxygen atoms in total. The van der Waals surface area contributed by atoms with Gasteiger partial charge in [-0.25, -0.2) is 0 Å². The highest BCUT2D eigenvalue weighted by molar-refractivity contribution is 5.51. The fourth-order valence-corrected chi connectivity index (χ4v) is 3.39. The molecule has 2 aliphatic rings. The minimum Gasteiger partial charge on any atom is -0.370 e. The van der Waals surface area contributed by atoms with E-state index >= 15 is 0 Å². The Morgan fingerprint density at radius 3 is 2.42 bits per heavy atom. The van der Waals surface area contributed by atoms with E-state index in [1.54, 1.807) is 0 Å². The Bertz CT molecular complexity index is 411. The van der Waals surface area contributed by atoms with Gasteiger partial charge in [-0.15, -0.1) is 0 Å². The lowest BCUT2D eigenvalue weighted by Gasteiger charge is -2.57.